The fourth-order valence-corrected chi connectivity index (χ4v) is 0.584. The molecular formula is C7H7NO. The molecule has 0 bridgehead atoms. The first kappa shape index (κ1) is 5.82. The molecule has 1 N–H and O–H groups in total. The van der Waals surface area contributed by atoms with Crippen LogP contribution < -0.4 is 5.56 Å². The van der Waals surface area contributed by atoms with Gasteiger partial charge in [-0.25, -0.2) is 0 Å². The molecule has 0 saturated carbocycles. The first-order valence-electron chi connectivity index (χ1n) is 2.65. The van der Waals surface area contributed by atoms with Crippen LogP contribution in [0.3, 0.4) is 0 Å². The zero-order valence-corrected chi connectivity index (χ0v) is 4.92. The summed E-state index contributed by atoms with van der Waals surface area (Å²) < 4.78 is 0. The molecule has 2 nitrogen and oxygen atoms in total. The normalized spacial score (nSPS) is 8.89. The highest BCUT2D eigenvalue weighted by Gasteiger charge is 1.82. The zero-order chi connectivity index (χ0) is 6.69. The van der Waals surface area contributed by atoms with Crippen LogP contribution in [0.15, 0.2) is 29.6 Å². The van der Waals surface area contributed by atoms with E-state index >= 15 is 0 Å². The number of aromatic nitrogens is 1. The minimum Gasteiger partial charge on any atom is -0.323 e. The standard InChI is InChI=1S/C7H7NO/c1-2-6-4-3-5-7(9)8-6/h2-5H,1H2,(H,8,9). The second-order valence-electron chi connectivity index (χ2n) is 1.67. The average Bonchev–Trinajstić information content (AvgIpc) is 1.88. The molecule has 0 spiro atoms. The first-order valence-corrected chi connectivity index (χ1v) is 2.65. The summed E-state index contributed by atoms with van der Waals surface area (Å²) in [5, 5.41) is 0. The van der Waals surface area contributed by atoms with Crippen LogP contribution in [0.1, 0.15) is 5.69 Å². The van der Waals surface area contributed by atoms with Crippen molar-refractivity contribution in [3.63, 3.8) is 0 Å². The third-order valence-electron chi connectivity index (χ3n) is 1.01. The minimum absolute atomic E-state index is 0.0904. The molecule has 0 amide bonds. The molecule has 46 valence electrons. The van der Waals surface area contributed by atoms with E-state index in [0.717, 1.165) is 5.69 Å². The van der Waals surface area contributed by atoms with Crippen molar-refractivity contribution in [3.05, 3.63) is 40.8 Å². The lowest BCUT2D eigenvalue weighted by Crippen LogP contribution is -2.02. The van der Waals surface area contributed by atoms with Gasteiger partial charge in [-0.05, 0) is 12.1 Å². The number of pyridine rings is 1. The SMILES string of the molecule is C=Cc1cccc(=O)[nH]1. The van der Waals surface area contributed by atoms with Crippen molar-refractivity contribution in [2.45, 2.75) is 0 Å². The van der Waals surface area contributed by atoms with Gasteiger partial charge in [0.15, 0.2) is 0 Å². The Morgan fingerprint density at radius 2 is 2.33 bits per heavy atom. The number of H-pyrrole nitrogens is 1. The molecule has 1 aromatic heterocycles. The fraction of sp³-hybridized carbons (Fsp3) is 0. The summed E-state index contributed by atoms with van der Waals surface area (Å²) in [5.41, 5.74) is 0.662. The van der Waals surface area contributed by atoms with E-state index < -0.39 is 0 Å². The van der Waals surface area contributed by atoms with Gasteiger partial charge < -0.3 is 4.98 Å². The predicted molar refractivity (Wildman–Crippen MR) is 37.2 cm³/mol. The summed E-state index contributed by atoms with van der Waals surface area (Å²) in [7, 11) is 0. The van der Waals surface area contributed by atoms with Crippen LogP contribution in [-0.4, -0.2) is 4.98 Å². The van der Waals surface area contributed by atoms with Gasteiger partial charge in [0, 0.05) is 11.8 Å². The monoisotopic (exact) mass is 121 g/mol. The molecule has 0 fully saturated rings. The van der Waals surface area contributed by atoms with E-state index in [1.165, 1.54) is 6.07 Å². The van der Waals surface area contributed by atoms with Crippen molar-refractivity contribution >= 4 is 6.08 Å². The summed E-state index contributed by atoms with van der Waals surface area (Å²) in [5.74, 6) is 0. The Kier molecular flexibility index (Phi) is 1.49. The third kappa shape index (κ3) is 1.29. The lowest BCUT2D eigenvalue weighted by molar-refractivity contribution is 1.21. The van der Waals surface area contributed by atoms with Gasteiger partial charge in [-0.15, -0.1) is 0 Å². The number of aromatic amines is 1. The van der Waals surface area contributed by atoms with Gasteiger partial charge in [0.05, 0.1) is 0 Å². The molecule has 0 aliphatic heterocycles. The summed E-state index contributed by atoms with van der Waals surface area (Å²) in [6, 6.07) is 4.94. The molecule has 9 heavy (non-hydrogen) atoms. The maximum Gasteiger partial charge on any atom is 0.248 e. The molecule has 1 heterocycles. The Hall–Kier alpha value is -1.31. The summed E-state index contributed by atoms with van der Waals surface area (Å²) >= 11 is 0. The second-order valence-corrected chi connectivity index (χ2v) is 1.67. The van der Waals surface area contributed by atoms with Crippen molar-refractivity contribution in [1.29, 1.82) is 0 Å². The largest absolute Gasteiger partial charge is 0.323 e. The van der Waals surface area contributed by atoms with Crippen LogP contribution in [-0.2, 0) is 0 Å². The lowest BCUT2D eigenvalue weighted by Gasteiger charge is -1.87. The maximum absolute atomic E-state index is 10.5. The van der Waals surface area contributed by atoms with E-state index in [1.54, 1.807) is 18.2 Å². The molecule has 0 radical (unpaired) electrons. The van der Waals surface area contributed by atoms with Crippen LogP contribution >= 0.6 is 0 Å². The molecule has 1 aromatic rings. The van der Waals surface area contributed by atoms with Gasteiger partial charge in [-0.1, -0.05) is 12.6 Å². The number of hydrogen-bond acceptors (Lipinski definition) is 1. The molecule has 0 aliphatic carbocycles. The predicted octanol–water partition coefficient (Wildman–Crippen LogP) is 1.02. The Morgan fingerprint density at radius 1 is 1.56 bits per heavy atom. The van der Waals surface area contributed by atoms with Crippen LogP contribution in [0.2, 0.25) is 0 Å². The Balaban J connectivity index is 3.23. The summed E-state index contributed by atoms with van der Waals surface area (Å²) in [6.45, 7) is 3.50. The number of nitrogens with one attached hydrogen (secondary N) is 1. The molecule has 0 aromatic carbocycles. The van der Waals surface area contributed by atoms with Crippen molar-refractivity contribution < 1.29 is 0 Å². The molecule has 0 unspecified atom stereocenters. The number of hydrogen-bond donors (Lipinski definition) is 1. The third-order valence-corrected chi connectivity index (χ3v) is 1.01. The van der Waals surface area contributed by atoms with Gasteiger partial charge >= 0.3 is 0 Å². The summed E-state index contributed by atoms with van der Waals surface area (Å²) in [4.78, 5) is 13.1. The van der Waals surface area contributed by atoms with Crippen LogP contribution in [0.5, 0.6) is 0 Å². The topological polar surface area (TPSA) is 32.9 Å². The Bertz CT molecular complexity index is 262. The van der Waals surface area contributed by atoms with Crippen molar-refractivity contribution in [2.75, 3.05) is 0 Å². The first-order chi connectivity index (χ1) is 4.33. The van der Waals surface area contributed by atoms with Crippen molar-refractivity contribution in [3.8, 4) is 0 Å². The van der Waals surface area contributed by atoms with E-state index in [4.69, 9.17) is 0 Å². The van der Waals surface area contributed by atoms with Crippen LogP contribution in [0, 0.1) is 0 Å². The van der Waals surface area contributed by atoms with Gasteiger partial charge in [0.25, 0.3) is 0 Å². The minimum atomic E-state index is -0.0904. The second kappa shape index (κ2) is 2.31. The fourth-order valence-electron chi connectivity index (χ4n) is 0.584. The molecule has 0 atom stereocenters. The molecular weight excluding hydrogens is 114 g/mol. The Morgan fingerprint density at radius 3 is 2.78 bits per heavy atom. The van der Waals surface area contributed by atoms with Crippen molar-refractivity contribution in [1.82, 2.24) is 4.98 Å². The molecule has 2 heteroatoms. The molecule has 0 aliphatic rings. The van der Waals surface area contributed by atoms with E-state index in [1.807, 2.05) is 0 Å². The highest BCUT2D eigenvalue weighted by atomic mass is 16.1. The lowest BCUT2D eigenvalue weighted by atomic mass is 10.3. The summed E-state index contributed by atoms with van der Waals surface area (Å²) in [6.07, 6.45) is 1.60. The quantitative estimate of drug-likeness (QED) is 0.591. The highest BCUT2D eigenvalue weighted by Crippen LogP contribution is 1.88. The van der Waals surface area contributed by atoms with E-state index in [2.05, 4.69) is 11.6 Å². The van der Waals surface area contributed by atoms with Gasteiger partial charge in [-0.2, -0.15) is 0 Å². The van der Waals surface area contributed by atoms with Gasteiger partial charge in [0.2, 0.25) is 5.56 Å². The highest BCUT2D eigenvalue weighted by molar-refractivity contribution is 5.40. The molecule has 1 rings (SSSR count). The van der Waals surface area contributed by atoms with Gasteiger partial charge in [0.1, 0.15) is 0 Å². The molecule has 0 saturated heterocycles. The van der Waals surface area contributed by atoms with E-state index in [0.29, 0.717) is 0 Å². The van der Waals surface area contributed by atoms with Crippen LogP contribution in [0.25, 0.3) is 6.08 Å². The van der Waals surface area contributed by atoms with E-state index in [9.17, 15) is 4.79 Å². The maximum atomic E-state index is 10.5. The van der Waals surface area contributed by atoms with E-state index in [-0.39, 0.29) is 5.56 Å². The Labute approximate surface area is 52.9 Å². The average molecular weight is 121 g/mol. The smallest absolute Gasteiger partial charge is 0.248 e. The number of rotatable bonds is 1. The zero-order valence-electron chi connectivity index (χ0n) is 4.92. The van der Waals surface area contributed by atoms with Crippen LogP contribution in [0.4, 0.5) is 0 Å². The van der Waals surface area contributed by atoms with Crippen molar-refractivity contribution in [2.24, 2.45) is 0 Å². The van der Waals surface area contributed by atoms with Gasteiger partial charge in [-0.3, -0.25) is 4.79 Å².